The highest BCUT2D eigenvalue weighted by Crippen LogP contribution is 2.58. The molecule has 1 N–H and O–H groups in total. The molecule has 0 saturated heterocycles. The molecule has 2 nitrogen and oxygen atoms in total. The van der Waals surface area contributed by atoms with Crippen LogP contribution in [-0.4, -0.2) is 10.9 Å². The number of fused-ring (bicyclic) bond motifs is 3. The van der Waals surface area contributed by atoms with Crippen molar-refractivity contribution >= 4 is 5.78 Å². The van der Waals surface area contributed by atoms with Crippen LogP contribution in [0.1, 0.15) is 82.6 Å². The maximum absolute atomic E-state index is 12.4. The van der Waals surface area contributed by atoms with Crippen molar-refractivity contribution in [3.05, 3.63) is 34.9 Å². The highest BCUT2D eigenvalue weighted by Gasteiger charge is 2.55. The Morgan fingerprint density at radius 1 is 1.23 bits per heavy atom. The summed E-state index contributed by atoms with van der Waals surface area (Å²) in [5.41, 5.74) is 3.30. The van der Waals surface area contributed by atoms with Gasteiger partial charge in [0.1, 0.15) is 5.78 Å². The fourth-order valence-electron chi connectivity index (χ4n) is 4.82. The largest absolute Gasteiger partial charge is 0.388 e. The van der Waals surface area contributed by atoms with E-state index in [1.807, 2.05) is 0 Å². The Morgan fingerprint density at radius 2 is 1.91 bits per heavy atom. The quantitative estimate of drug-likeness (QED) is 0.828. The van der Waals surface area contributed by atoms with Gasteiger partial charge in [-0.15, -0.1) is 0 Å². The monoisotopic (exact) mass is 300 g/mol. The van der Waals surface area contributed by atoms with Crippen molar-refractivity contribution in [3.63, 3.8) is 0 Å². The first kappa shape index (κ1) is 15.7. The maximum atomic E-state index is 12.4. The molecular formula is C20H28O2. The van der Waals surface area contributed by atoms with Crippen LogP contribution in [-0.2, 0) is 10.2 Å². The van der Waals surface area contributed by atoms with Crippen LogP contribution in [0.5, 0.6) is 0 Å². The van der Waals surface area contributed by atoms with Crippen LogP contribution in [0.25, 0.3) is 0 Å². The molecule has 3 atom stereocenters. The molecule has 0 bridgehead atoms. The van der Waals surface area contributed by atoms with Gasteiger partial charge in [0.05, 0.1) is 6.10 Å². The van der Waals surface area contributed by atoms with Gasteiger partial charge >= 0.3 is 0 Å². The van der Waals surface area contributed by atoms with Crippen molar-refractivity contribution < 1.29 is 9.90 Å². The predicted octanol–water partition coefficient (Wildman–Crippen LogP) is 4.51. The fraction of sp³-hybridized carbons (Fsp3) is 0.650. The zero-order chi connectivity index (χ0) is 16.3. The summed E-state index contributed by atoms with van der Waals surface area (Å²) >= 11 is 0. The first-order valence-electron chi connectivity index (χ1n) is 8.53. The van der Waals surface area contributed by atoms with E-state index >= 15 is 0 Å². The van der Waals surface area contributed by atoms with E-state index in [1.54, 1.807) is 0 Å². The van der Waals surface area contributed by atoms with Gasteiger partial charge in [-0.05, 0) is 46.8 Å². The minimum atomic E-state index is -0.447. The first-order valence-corrected chi connectivity index (χ1v) is 8.53. The minimum absolute atomic E-state index is 0.00147. The zero-order valence-corrected chi connectivity index (χ0v) is 14.4. The van der Waals surface area contributed by atoms with Gasteiger partial charge in [0.25, 0.3) is 0 Å². The van der Waals surface area contributed by atoms with Crippen LogP contribution >= 0.6 is 0 Å². The van der Waals surface area contributed by atoms with Crippen molar-refractivity contribution in [2.24, 2.45) is 11.3 Å². The van der Waals surface area contributed by atoms with Crippen molar-refractivity contribution in [1.82, 2.24) is 0 Å². The molecule has 0 unspecified atom stereocenters. The molecular weight excluding hydrogens is 272 g/mol. The van der Waals surface area contributed by atoms with E-state index < -0.39 is 6.10 Å². The summed E-state index contributed by atoms with van der Waals surface area (Å²) in [5, 5.41) is 10.7. The second-order valence-electron chi connectivity index (χ2n) is 8.37. The van der Waals surface area contributed by atoms with Crippen molar-refractivity contribution in [2.45, 2.75) is 71.3 Å². The van der Waals surface area contributed by atoms with Crippen LogP contribution in [0.2, 0.25) is 0 Å². The highest BCUT2D eigenvalue weighted by atomic mass is 16.3. The lowest BCUT2D eigenvalue weighted by Crippen LogP contribution is -2.52. The average Bonchev–Trinajstić information content (AvgIpc) is 2.46. The standard InChI is InChI=1S/C20H28O2/c1-12(2)13-6-7-15-14(10-13)16(21)11-17-19(3,4)18(22)8-9-20(15,17)5/h6-7,10,12,16-17,21H,8-9,11H2,1-5H3/t16-,17-,20+/m1/s1. The second kappa shape index (κ2) is 4.92. The minimum Gasteiger partial charge on any atom is -0.388 e. The molecule has 3 rings (SSSR count). The van der Waals surface area contributed by atoms with Gasteiger partial charge in [-0.3, -0.25) is 4.79 Å². The summed E-state index contributed by atoms with van der Waals surface area (Å²) in [6.07, 6.45) is 1.81. The van der Waals surface area contributed by atoms with Crippen LogP contribution < -0.4 is 0 Å². The summed E-state index contributed by atoms with van der Waals surface area (Å²) in [7, 11) is 0. The lowest BCUT2D eigenvalue weighted by Gasteiger charge is -2.54. The summed E-state index contributed by atoms with van der Waals surface area (Å²) in [5.74, 6) is 1.03. The van der Waals surface area contributed by atoms with E-state index in [9.17, 15) is 9.90 Å². The SMILES string of the molecule is CC(C)c1ccc2c(c1)[C@H](O)C[C@@H]1C(C)(C)C(=O)CC[C@@]21C. The second-order valence-corrected chi connectivity index (χ2v) is 8.37. The summed E-state index contributed by atoms with van der Waals surface area (Å²) in [6.45, 7) is 10.8. The first-order chi connectivity index (χ1) is 10.2. The molecule has 22 heavy (non-hydrogen) atoms. The Kier molecular flexibility index (Phi) is 3.52. The number of carbonyl (C=O) groups excluding carboxylic acids is 1. The molecule has 2 heteroatoms. The predicted molar refractivity (Wildman–Crippen MR) is 89.0 cm³/mol. The molecule has 0 spiro atoms. The topological polar surface area (TPSA) is 37.3 Å². The van der Waals surface area contributed by atoms with Gasteiger partial charge in [-0.1, -0.05) is 52.8 Å². The van der Waals surface area contributed by atoms with Gasteiger partial charge in [0.15, 0.2) is 0 Å². The third-order valence-corrected chi connectivity index (χ3v) is 6.41. The molecule has 120 valence electrons. The van der Waals surface area contributed by atoms with Gasteiger partial charge < -0.3 is 5.11 Å². The Morgan fingerprint density at radius 3 is 2.55 bits per heavy atom. The number of ketones is 1. The Bertz CT molecular complexity index is 614. The van der Waals surface area contributed by atoms with Crippen LogP contribution in [0.15, 0.2) is 18.2 Å². The number of Topliss-reactive ketones (excluding diaryl/α,β-unsaturated/α-hetero) is 1. The highest BCUT2D eigenvalue weighted by molar-refractivity contribution is 5.86. The molecule has 0 aromatic heterocycles. The molecule has 2 aliphatic carbocycles. The number of rotatable bonds is 1. The van der Waals surface area contributed by atoms with E-state index in [4.69, 9.17) is 0 Å². The van der Waals surface area contributed by atoms with Gasteiger partial charge in [0.2, 0.25) is 0 Å². The van der Waals surface area contributed by atoms with Gasteiger partial charge in [-0.2, -0.15) is 0 Å². The zero-order valence-electron chi connectivity index (χ0n) is 14.4. The Hall–Kier alpha value is -1.15. The van der Waals surface area contributed by atoms with Crippen LogP contribution in [0, 0.1) is 11.3 Å². The van der Waals surface area contributed by atoms with Crippen molar-refractivity contribution in [1.29, 1.82) is 0 Å². The van der Waals surface area contributed by atoms with E-state index in [1.165, 1.54) is 11.1 Å². The van der Waals surface area contributed by atoms with Gasteiger partial charge in [-0.25, -0.2) is 0 Å². The molecule has 0 heterocycles. The normalized spacial score (nSPS) is 33.5. The van der Waals surface area contributed by atoms with Crippen molar-refractivity contribution in [2.75, 3.05) is 0 Å². The molecule has 1 aromatic carbocycles. The number of benzene rings is 1. The molecule has 0 radical (unpaired) electrons. The lowest BCUT2D eigenvalue weighted by molar-refractivity contribution is -0.138. The molecule has 0 aliphatic heterocycles. The maximum Gasteiger partial charge on any atom is 0.138 e. The van der Waals surface area contributed by atoms with E-state index in [-0.39, 0.29) is 16.7 Å². The van der Waals surface area contributed by atoms with Crippen LogP contribution in [0.3, 0.4) is 0 Å². The lowest BCUT2D eigenvalue weighted by atomic mass is 9.49. The molecule has 0 amide bonds. The molecule has 1 saturated carbocycles. The van der Waals surface area contributed by atoms with E-state index in [2.05, 4.69) is 52.8 Å². The third kappa shape index (κ3) is 2.07. The number of carbonyl (C=O) groups is 1. The van der Waals surface area contributed by atoms with Crippen molar-refractivity contribution in [3.8, 4) is 0 Å². The van der Waals surface area contributed by atoms with E-state index in [0.29, 0.717) is 24.5 Å². The Labute approximate surface area is 133 Å². The number of aliphatic hydroxyl groups excluding tert-OH is 1. The van der Waals surface area contributed by atoms with Gasteiger partial charge in [0, 0.05) is 11.8 Å². The van der Waals surface area contributed by atoms with E-state index in [0.717, 1.165) is 12.0 Å². The molecule has 1 aromatic rings. The molecule has 1 fully saturated rings. The Balaban J connectivity index is 2.14. The summed E-state index contributed by atoms with van der Waals surface area (Å²) < 4.78 is 0. The number of aliphatic hydroxyl groups is 1. The average molecular weight is 300 g/mol. The molecule has 2 aliphatic rings. The number of hydrogen-bond acceptors (Lipinski definition) is 2. The summed E-state index contributed by atoms with van der Waals surface area (Å²) in [4.78, 5) is 12.4. The third-order valence-electron chi connectivity index (χ3n) is 6.41. The number of hydrogen-bond donors (Lipinski definition) is 1. The van der Waals surface area contributed by atoms with Crippen LogP contribution in [0.4, 0.5) is 0 Å². The summed E-state index contributed by atoms with van der Waals surface area (Å²) in [6, 6.07) is 6.61. The smallest absolute Gasteiger partial charge is 0.138 e. The fourth-order valence-corrected chi connectivity index (χ4v) is 4.82.